The summed E-state index contributed by atoms with van der Waals surface area (Å²) in [5.74, 6) is 1.64. The first-order valence-electron chi connectivity index (χ1n) is 4.35. The van der Waals surface area contributed by atoms with Crippen molar-refractivity contribution in [3.8, 4) is 0 Å². The molecule has 0 saturated heterocycles. The number of hydrogen-bond acceptors (Lipinski definition) is 2. The molecule has 0 aliphatic carbocycles. The molecule has 1 aromatic rings. The van der Waals surface area contributed by atoms with Gasteiger partial charge in [-0.05, 0) is 30.5 Å². The standard InChI is InChI=1S/C10H16N2/c1-8(2)7-12-10-6-9(3)4-5-11-10/h4-6,8H,7H2,1-3H3,(H,11,12). The zero-order valence-corrected chi connectivity index (χ0v) is 7.96. The van der Waals surface area contributed by atoms with Gasteiger partial charge < -0.3 is 5.32 Å². The van der Waals surface area contributed by atoms with E-state index in [9.17, 15) is 0 Å². The number of pyridine rings is 1. The second-order valence-electron chi connectivity index (χ2n) is 3.49. The molecule has 2 nitrogen and oxygen atoms in total. The van der Waals surface area contributed by atoms with Crippen molar-refractivity contribution < 1.29 is 0 Å². The van der Waals surface area contributed by atoms with Gasteiger partial charge in [0.25, 0.3) is 0 Å². The molecule has 0 atom stereocenters. The van der Waals surface area contributed by atoms with Gasteiger partial charge in [-0.15, -0.1) is 0 Å². The smallest absolute Gasteiger partial charge is 0.126 e. The van der Waals surface area contributed by atoms with Crippen LogP contribution in [0.4, 0.5) is 5.82 Å². The van der Waals surface area contributed by atoms with Crippen LogP contribution in [0.15, 0.2) is 18.3 Å². The first-order chi connectivity index (χ1) is 5.68. The van der Waals surface area contributed by atoms with Crippen LogP contribution >= 0.6 is 0 Å². The van der Waals surface area contributed by atoms with Crippen molar-refractivity contribution in [2.75, 3.05) is 11.9 Å². The summed E-state index contributed by atoms with van der Waals surface area (Å²) in [4.78, 5) is 4.20. The quantitative estimate of drug-likeness (QED) is 0.742. The number of anilines is 1. The van der Waals surface area contributed by atoms with Crippen LogP contribution in [0.5, 0.6) is 0 Å². The van der Waals surface area contributed by atoms with Crippen LogP contribution in [-0.2, 0) is 0 Å². The van der Waals surface area contributed by atoms with Gasteiger partial charge >= 0.3 is 0 Å². The maximum absolute atomic E-state index is 4.20. The highest BCUT2D eigenvalue weighted by molar-refractivity contribution is 5.36. The van der Waals surface area contributed by atoms with Crippen molar-refractivity contribution in [1.29, 1.82) is 0 Å². The third-order valence-electron chi connectivity index (χ3n) is 1.61. The van der Waals surface area contributed by atoms with Crippen LogP contribution in [0.1, 0.15) is 19.4 Å². The molecule has 2 heteroatoms. The zero-order valence-electron chi connectivity index (χ0n) is 7.96. The van der Waals surface area contributed by atoms with Gasteiger partial charge in [-0.1, -0.05) is 13.8 Å². The van der Waals surface area contributed by atoms with Gasteiger partial charge in [0.1, 0.15) is 5.82 Å². The largest absolute Gasteiger partial charge is 0.370 e. The molecule has 0 unspecified atom stereocenters. The first-order valence-corrected chi connectivity index (χ1v) is 4.35. The first kappa shape index (κ1) is 9.04. The predicted molar refractivity (Wildman–Crippen MR) is 52.3 cm³/mol. The third kappa shape index (κ3) is 2.91. The summed E-state index contributed by atoms with van der Waals surface area (Å²) >= 11 is 0. The van der Waals surface area contributed by atoms with Crippen LogP contribution < -0.4 is 5.32 Å². The van der Waals surface area contributed by atoms with Gasteiger partial charge in [-0.3, -0.25) is 0 Å². The Balaban J connectivity index is 2.52. The molecule has 1 heterocycles. The van der Waals surface area contributed by atoms with E-state index in [-0.39, 0.29) is 0 Å². The minimum Gasteiger partial charge on any atom is -0.370 e. The van der Waals surface area contributed by atoms with E-state index in [4.69, 9.17) is 0 Å². The second kappa shape index (κ2) is 4.10. The monoisotopic (exact) mass is 164 g/mol. The second-order valence-corrected chi connectivity index (χ2v) is 3.49. The number of nitrogens with one attached hydrogen (secondary N) is 1. The van der Waals surface area contributed by atoms with E-state index in [1.165, 1.54) is 5.56 Å². The van der Waals surface area contributed by atoms with Gasteiger partial charge in [0.2, 0.25) is 0 Å². The number of hydrogen-bond donors (Lipinski definition) is 1. The maximum atomic E-state index is 4.20. The van der Waals surface area contributed by atoms with Crippen LogP contribution in [0, 0.1) is 12.8 Å². The van der Waals surface area contributed by atoms with Crippen LogP contribution in [0.2, 0.25) is 0 Å². The Labute approximate surface area is 74.0 Å². The molecular weight excluding hydrogens is 148 g/mol. The van der Waals surface area contributed by atoms with Crippen molar-refractivity contribution in [3.05, 3.63) is 23.9 Å². The van der Waals surface area contributed by atoms with Crippen LogP contribution in [0.25, 0.3) is 0 Å². The molecule has 0 aliphatic heterocycles. The lowest BCUT2D eigenvalue weighted by atomic mass is 10.2. The lowest BCUT2D eigenvalue weighted by Crippen LogP contribution is -2.08. The molecule has 12 heavy (non-hydrogen) atoms. The molecular formula is C10H16N2. The topological polar surface area (TPSA) is 24.9 Å². The molecule has 66 valence electrons. The van der Waals surface area contributed by atoms with Crippen molar-refractivity contribution >= 4 is 5.82 Å². The summed E-state index contributed by atoms with van der Waals surface area (Å²) < 4.78 is 0. The summed E-state index contributed by atoms with van der Waals surface area (Å²) in [5, 5.41) is 3.27. The normalized spacial score (nSPS) is 10.3. The molecule has 0 spiro atoms. The highest BCUT2D eigenvalue weighted by atomic mass is 15.0. The Kier molecular flexibility index (Phi) is 3.09. The average Bonchev–Trinajstić information content (AvgIpc) is 2.01. The molecule has 0 saturated carbocycles. The van der Waals surface area contributed by atoms with Crippen LogP contribution in [-0.4, -0.2) is 11.5 Å². The molecule has 1 rings (SSSR count). The van der Waals surface area contributed by atoms with E-state index >= 15 is 0 Å². The highest BCUT2D eigenvalue weighted by Crippen LogP contribution is 2.05. The van der Waals surface area contributed by atoms with Crippen molar-refractivity contribution in [1.82, 2.24) is 4.98 Å². The van der Waals surface area contributed by atoms with E-state index in [0.29, 0.717) is 5.92 Å². The fraction of sp³-hybridized carbons (Fsp3) is 0.500. The third-order valence-corrected chi connectivity index (χ3v) is 1.61. The molecule has 0 aromatic carbocycles. The highest BCUT2D eigenvalue weighted by Gasteiger charge is 1.95. The maximum Gasteiger partial charge on any atom is 0.126 e. The lowest BCUT2D eigenvalue weighted by molar-refractivity contribution is 0.687. The van der Waals surface area contributed by atoms with Crippen molar-refractivity contribution in [3.63, 3.8) is 0 Å². The Hall–Kier alpha value is -1.05. The molecule has 0 bridgehead atoms. The van der Waals surface area contributed by atoms with Gasteiger partial charge in [-0.25, -0.2) is 4.98 Å². The number of rotatable bonds is 3. The summed E-state index contributed by atoms with van der Waals surface area (Å²) in [6.07, 6.45) is 1.83. The summed E-state index contributed by atoms with van der Waals surface area (Å²) in [6, 6.07) is 4.06. The molecule has 1 aromatic heterocycles. The number of nitrogens with zero attached hydrogens (tertiary/aromatic N) is 1. The van der Waals surface area contributed by atoms with Gasteiger partial charge in [0.15, 0.2) is 0 Å². The Bertz CT molecular complexity index is 243. The zero-order chi connectivity index (χ0) is 8.97. The van der Waals surface area contributed by atoms with Gasteiger partial charge in [-0.2, -0.15) is 0 Å². The van der Waals surface area contributed by atoms with E-state index < -0.39 is 0 Å². The number of aromatic nitrogens is 1. The van der Waals surface area contributed by atoms with Crippen LogP contribution in [0.3, 0.4) is 0 Å². The molecule has 0 amide bonds. The summed E-state index contributed by atoms with van der Waals surface area (Å²) in [6.45, 7) is 7.42. The summed E-state index contributed by atoms with van der Waals surface area (Å²) in [5.41, 5.74) is 1.25. The van der Waals surface area contributed by atoms with E-state index in [1.54, 1.807) is 0 Å². The Morgan fingerprint density at radius 3 is 2.83 bits per heavy atom. The SMILES string of the molecule is Cc1ccnc(NCC(C)C)c1. The Morgan fingerprint density at radius 1 is 1.50 bits per heavy atom. The molecule has 0 radical (unpaired) electrons. The minimum absolute atomic E-state index is 0.660. The fourth-order valence-corrected chi connectivity index (χ4v) is 0.942. The fourth-order valence-electron chi connectivity index (χ4n) is 0.942. The van der Waals surface area contributed by atoms with Gasteiger partial charge in [0.05, 0.1) is 0 Å². The molecule has 0 aliphatic rings. The Morgan fingerprint density at radius 2 is 2.25 bits per heavy atom. The van der Waals surface area contributed by atoms with E-state index in [0.717, 1.165) is 12.4 Å². The summed E-state index contributed by atoms with van der Waals surface area (Å²) in [7, 11) is 0. The molecule has 0 fully saturated rings. The average molecular weight is 164 g/mol. The minimum atomic E-state index is 0.660. The van der Waals surface area contributed by atoms with E-state index in [2.05, 4.69) is 37.1 Å². The van der Waals surface area contributed by atoms with Crippen molar-refractivity contribution in [2.24, 2.45) is 5.92 Å². The molecule has 1 N–H and O–H groups in total. The predicted octanol–water partition coefficient (Wildman–Crippen LogP) is 2.46. The number of aryl methyl sites for hydroxylation is 1. The lowest BCUT2D eigenvalue weighted by Gasteiger charge is -2.07. The van der Waals surface area contributed by atoms with Gasteiger partial charge in [0, 0.05) is 12.7 Å². The van der Waals surface area contributed by atoms with Crippen molar-refractivity contribution in [2.45, 2.75) is 20.8 Å². The van der Waals surface area contributed by atoms with E-state index in [1.807, 2.05) is 12.3 Å².